The highest BCUT2D eigenvalue weighted by molar-refractivity contribution is 7.89. The fraction of sp³-hybridized carbons (Fsp3) is 0.333. The average molecular weight is 418 g/mol. The summed E-state index contributed by atoms with van der Waals surface area (Å²) in [6.45, 7) is 5.88. The molecule has 2 aromatic carbocycles. The molecule has 0 heterocycles. The van der Waals surface area contributed by atoms with Crippen LogP contribution in [0.15, 0.2) is 47.4 Å². The van der Waals surface area contributed by atoms with Gasteiger partial charge in [0.25, 0.3) is 0 Å². The molecule has 7 nitrogen and oxygen atoms in total. The van der Waals surface area contributed by atoms with Gasteiger partial charge < -0.3 is 10.2 Å². The Morgan fingerprint density at radius 1 is 1.03 bits per heavy atom. The molecule has 29 heavy (non-hydrogen) atoms. The third-order valence-electron chi connectivity index (χ3n) is 4.45. The van der Waals surface area contributed by atoms with Gasteiger partial charge in [-0.1, -0.05) is 23.8 Å². The van der Waals surface area contributed by atoms with Crippen molar-refractivity contribution in [3.63, 3.8) is 0 Å². The van der Waals surface area contributed by atoms with Gasteiger partial charge in [0.1, 0.15) is 0 Å². The maximum atomic E-state index is 12.4. The molecule has 0 saturated carbocycles. The SMILES string of the molecule is CC(=O)Nc1ccc(S(=O)(=O)NCCC(=O)N(C)Cc2ccc(C)cc2C)cc1. The topological polar surface area (TPSA) is 95.6 Å². The van der Waals surface area contributed by atoms with E-state index in [0.717, 1.165) is 11.1 Å². The molecule has 0 saturated heterocycles. The van der Waals surface area contributed by atoms with Crippen molar-refractivity contribution in [1.29, 1.82) is 0 Å². The number of nitrogens with one attached hydrogen (secondary N) is 2. The lowest BCUT2D eigenvalue weighted by molar-refractivity contribution is -0.130. The first-order chi connectivity index (χ1) is 13.6. The number of rotatable bonds is 8. The number of carbonyl (C=O) groups excluding carboxylic acids is 2. The van der Waals surface area contributed by atoms with Crippen molar-refractivity contribution in [3.05, 3.63) is 59.2 Å². The predicted octanol–water partition coefficient (Wildman–Crippen LogP) is 2.59. The van der Waals surface area contributed by atoms with Crippen molar-refractivity contribution in [3.8, 4) is 0 Å². The second kappa shape index (κ2) is 9.67. The van der Waals surface area contributed by atoms with Gasteiger partial charge in [0, 0.05) is 39.2 Å². The molecule has 8 heteroatoms. The number of hydrogen-bond donors (Lipinski definition) is 2. The first kappa shape index (κ1) is 22.6. The molecule has 2 aromatic rings. The zero-order valence-corrected chi connectivity index (χ0v) is 18.0. The number of amides is 2. The van der Waals surface area contributed by atoms with Crippen molar-refractivity contribution in [1.82, 2.24) is 9.62 Å². The minimum Gasteiger partial charge on any atom is -0.341 e. The van der Waals surface area contributed by atoms with E-state index in [9.17, 15) is 18.0 Å². The highest BCUT2D eigenvalue weighted by Crippen LogP contribution is 2.15. The molecule has 0 aliphatic carbocycles. The molecule has 0 unspecified atom stereocenters. The number of carbonyl (C=O) groups is 2. The van der Waals surface area contributed by atoms with E-state index in [1.807, 2.05) is 26.0 Å². The lowest BCUT2D eigenvalue weighted by atomic mass is 10.1. The molecule has 0 aromatic heterocycles. The number of hydrogen-bond acceptors (Lipinski definition) is 4. The molecule has 0 aliphatic rings. The zero-order valence-electron chi connectivity index (χ0n) is 17.2. The standard InChI is InChI=1S/C21H27N3O4S/c1-15-5-6-18(16(2)13-15)14-24(4)21(26)11-12-22-29(27,28)20-9-7-19(8-10-20)23-17(3)25/h5-10,13,22H,11-12,14H2,1-4H3,(H,23,25). The molecule has 156 valence electrons. The Balaban J connectivity index is 1.88. The monoisotopic (exact) mass is 417 g/mol. The molecule has 2 rings (SSSR count). The van der Waals surface area contributed by atoms with E-state index >= 15 is 0 Å². The van der Waals surface area contributed by atoms with E-state index in [-0.39, 0.29) is 29.7 Å². The largest absolute Gasteiger partial charge is 0.341 e. The van der Waals surface area contributed by atoms with Gasteiger partial charge in [0.2, 0.25) is 21.8 Å². The first-order valence-electron chi connectivity index (χ1n) is 9.26. The number of aryl methyl sites for hydroxylation is 2. The third-order valence-corrected chi connectivity index (χ3v) is 5.92. The maximum Gasteiger partial charge on any atom is 0.240 e. The van der Waals surface area contributed by atoms with Gasteiger partial charge in [-0.15, -0.1) is 0 Å². The van der Waals surface area contributed by atoms with Crippen LogP contribution in [0.2, 0.25) is 0 Å². The van der Waals surface area contributed by atoms with Crippen molar-refractivity contribution in [2.45, 2.75) is 38.6 Å². The van der Waals surface area contributed by atoms with E-state index in [4.69, 9.17) is 0 Å². The van der Waals surface area contributed by atoms with Crippen molar-refractivity contribution >= 4 is 27.5 Å². The van der Waals surface area contributed by atoms with Crippen molar-refractivity contribution < 1.29 is 18.0 Å². The Hall–Kier alpha value is -2.71. The van der Waals surface area contributed by atoms with Gasteiger partial charge in [0.15, 0.2) is 0 Å². The quantitative estimate of drug-likeness (QED) is 0.690. The van der Waals surface area contributed by atoms with Gasteiger partial charge in [-0.2, -0.15) is 0 Å². The highest BCUT2D eigenvalue weighted by atomic mass is 32.2. The number of anilines is 1. The number of benzene rings is 2. The summed E-state index contributed by atoms with van der Waals surface area (Å²) >= 11 is 0. The van der Waals surface area contributed by atoms with Crippen LogP contribution in [-0.2, 0) is 26.2 Å². The third kappa shape index (κ3) is 6.69. The normalized spacial score (nSPS) is 11.2. The zero-order chi connectivity index (χ0) is 21.6. The van der Waals surface area contributed by atoms with Crippen LogP contribution in [-0.4, -0.2) is 38.7 Å². The Labute approximate surface area is 172 Å². The lowest BCUT2D eigenvalue weighted by Crippen LogP contribution is -2.32. The number of sulfonamides is 1. The maximum absolute atomic E-state index is 12.4. The van der Waals surface area contributed by atoms with E-state index < -0.39 is 10.0 Å². The molecule has 0 bridgehead atoms. The molecule has 0 atom stereocenters. The van der Waals surface area contributed by atoms with Crippen LogP contribution < -0.4 is 10.0 Å². The smallest absolute Gasteiger partial charge is 0.240 e. The Morgan fingerprint density at radius 2 is 1.69 bits per heavy atom. The summed E-state index contributed by atoms with van der Waals surface area (Å²) in [6, 6.07) is 11.9. The van der Waals surface area contributed by atoms with E-state index in [1.165, 1.54) is 36.8 Å². The molecule has 2 amide bonds. The van der Waals surface area contributed by atoms with Crippen molar-refractivity contribution in [2.75, 3.05) is 18.9 Å². The number of nitrogens with zero attached hydrogens (tertiary/aromatic N) is 1. The van der Waals surface area contributed by atoms with E-state index in [2.05, 4.69) is 16.1 Å². The van der Waals surface area contributed by atoms with Crippen LogP contribution in [0.5, 0.6) is 0 Å². The van der Waals surface area contributed by atoms with Crippen LogP contribution in [0.3, 0.4) is 0 Å². The van der Waals surface area contributed by atoms with Crippen LogP contribution in [0.25, 0.3) is 0 Å². The van der Waals surface area contributed by atoms with Gasteiger partial charge in [-0.3, -0.25) is 9.59 Å². The molecule has 0 aliphatic heterocycles. The summed E-state index contributed by atoms with van der Waals surface area (Å²) < 4.78 is 27.2. The van der Waals surface area contributed by atoms with Crippen LogP contribution in [0.4, 0.5) is 5.69 Å². The molecule has 0 radical (unpaired) electrons. The molecular formula is C21H27N3O4S. The summed E-state index contributed by atoms with van der Waals surface area (Å²) in [5.41, 5.74) is 3.86. The van der Waals surface area contributed by atoms with Crippen LogP contribution in [0.1, 0.15) is 30.0 Å². The van der Waals surface area contributed by atoms with Crippen molar-refractivity contribution in [2.24, 2.45) is 0 Å². The Kier molecular flexibility index (Phi) is 7.53. The summed E-state index contributed by atoms with van der Waals surface area (Å²) in [5, 5.41) is 2.58. The lowest BCUT2D eigenvalue weighted by Gasteiger charge is -2.19. The second-order valence-electron chi connectivity index (χ2n) is 7.03. The summed E-state index contributed by atoms with van der Waals surface area (Å²) in [6.07, 6.45) is 0.0601. The second-order valence-corrected chi connectivity index (χ2v) is 8.80. The minimum atomic E-state index is -3.73. The first-order valence-corrected chi connectivity index (χ1v) is 10.7. The van der Waals surface area contributed by atoms with E-state index in [0.29, 0.717) is 12.2 Å². The van der Waals surface area contributed by atoms with Crippen LogP contribution >= 0.6 is 0 Å². The minimum absolute atomic E-state index is 0.00579. The molecule has 0 spiro atoms. The fourth-order valence-electron chi connectivity index (χ4n) is 2.85. The fourth-order valence-corrected chi connectivity index (χ4v) is 3.89. The summed E-state index contributed by atoms with van der Waals surface area (Å²) in [4.78, 5) is 25.0. The van der Waals surface area contributed by atoms with E-state index in [1.54, 1.807) is 11.9 Å². The Morgan fingerprint density at radius 3 is 2.28 bits per heavy atom. The molecule has 2 N–H and O–H groups in total. The average Bonchev–Trinajstić information content (AvgIpc) is 2.63. The Bertz CT molecular complexity index is 985. The predicted molar refractivity (Wildman–Crippen MR) is 113 cm³/mol. The molecule has 0 fully saturated rings. The van der Waals surface area contributed by atoms with Crippen LogP contribution in [0, 0.1) is 13.8 Å². The highest BCUT2D eigenvalue weighted by Gasteiger charge is 2.16. The molecular weight excluding hydrogens is 390 g/mol. The van der Waals surface area contributed by atoms with Gasteiger partial charge >= 0.3 is 0 Å². The van der Waals surface area contributed by atoms with Gasteiger partial charge in [-0.25, -0.2) is 13.1 Å². The van der Waals surface area contributed by atoms with Gasteiger partial charge in [0.05, 0.1) is 4.90 Å². The summed E-state index contributed by atoms with van der Waals surface area (Å²) in [5.74, 6) is -0.379. The van der Waals surface area contributed by atoms with Gasteiger partial charge in [-0.05, 0) is 49.2 Å². The summed E-state index contributed by atoms with van der Waals surface area (Å²) in [7, 11) is -2.03.